The van der Waals surface area contributed by atoms with Gasteiger partial charge in [0.25, 0.3) is 0 Å². The van der Waals surface area contributed by atoms with Gasteiger partial charge in [-0.05, 0) is 71.3 Å². The minimum absolute atomic E-state index is 0.0452. The molecule has 0 amide bonds. The summed E-state index contributed by atoms with van der Waals surface area (Å²) >= 11 is 0. The fourth-order valence-corrected chi connectivity index (χ4v) is 5.41. The van der Waals surface area contributed by atoms with Crippen molar-refractivity contribution < 1.29 is 23.8 Å². The molecule has 6 unspecified atom stereocenters. The molecular weight excluding hydrogens is 356 g/mol. The first kappa shape index (κ1) is 21.1. The lowest BCUT2D eigenvalue weighted by Gasteiger charge is -2.57. The third-order valence-corrected chi connectivity index (χ3v) is 7.36. The molecule has 28 heavy (non-hydrogen) atoms. The van der Waals surface area contributed by atoms with Crippen molar-refractivity contribution in [1.29, 1.82) is 0 Å². The van der Waals surface area contributed by atoms with Crippen LogP contribution < -0.4 is 0 Å². The molecule has 2 saturated carbocycles. The van der Waals surface area contributed by atoms with Gasteiger partial charge in [0.15, 0.2) is 5.60 Å². The summed E-state index contributed by atoms with van der Waals surface area (Å²) in [6, 6.07) is 0. The Balaban J connectivity index is 1.95. The number of carbonyl (C=O) groups is 2. The molecule has 0 radical (unpaired) electrons. The quantitative estimate of drug-likeness (QED) is 0.524. The summed E-state index contributed by atoms with van der Waals surface area (Å²) in [5.74, 6) is -0.663. The van der Waals surface area contributed by atoms with Crippen LogP contribution in [0.3, 0.4) is 0 Å². The summed E-state index contributed by atoms with van der Waals surface area (Å²) in [6.07, 6.45) is 2.57. The average molecular weight is 391 g/mol. The van der Waals surface area contributed by atoms with Crippen molar-refractivity contribution in [3.8, 4) is 0 Å². The minimum Gasteiger partial charge on any atom is -0.456 e. The molecule has 156 valence electrons. The first-order valence-corrected chi connectivity index (χ1v) is 10.3. The molecule has 0 aromatic carbocycles. The summed E-state index contributed by atoms with van der Waals surface area (Å²) in [5.41, 5.74) is 1.85. The number of rotatable bonds is 3. The maximum Gasteiger partial charge on any atom is 0.341 e. The number of allylic oxidation sites excluding steroid dienone is 3. The molecule has 1 aliphatic heterocycles. The maximum atomic E-state index is 12.7. The predicted molar refractivity (Wildman–Crippen MR) is 107 cm³/mol. The Morgan fingerprint density at radius 2 is 1.79 bits per heavy atom. The average Bonchev–Trinajstić information content (AvgIpc) is 3.17. The van der Waals surface area contributed by atoms with E-state index in [0.717, 1.165) is 19.3 Å². The van der Waals surface area contributed by atoms with Crippen LogP contribution in [-0.4, -0.2) is 35.3 Å². The van der Waals surface area contributed by atoms with Gasteiger partial charge in [0.2, 0.25) is 0 Å². The van der Waals surface area contributed by atoms with Crippen LogP contribution in [0.25, 0.3) is 0 Å². The zero-order valence-electron chi connectivity index (χ0n) is 18.3. The first-order chi connectivity index (χ1) is 12.8. The molecule has 0 aromatic rings. The molecule has 5 nitrogen and oxygen atoms in total. The Bertz CT molecular complexity index is 748. The van der Waals surface area contributed by atoms with E-state index in [1.807, 2.05) is 13.8 Å². The Morgan fingerprint density at radius 1 is 1.18 bits per heavy atom. The largest absolute Gasteiger partial charge is 0.456 e. The first-order valence-electron chi connectivity index (χ1n) is 10.3. The lowest BCUT2D eigenvalue weighted by Crippen LogP contribution is -2.61. The molecular formula is C23H34O5. The fourth-order valence-electron chi connectivity index (χ4n) is 5.41. The topological polar surface area (TPSA) is 65.1 Å². The molecule has 2 aliphatic carbocycles. The van der Waals surface area contributed by atoms with Crippen LogP contribution in [0.1, 0.15) is 74.1 Å². The van der Waals surface area contributed by atoms with E-state index in [9.17, 15) is 9.59 Å². The molecule has 5 heteroatoms. The zero-order chi connectivity index (χ0) is 21.1. The van der Waals surface area contributed by atoms with Crippen molar-refractivity contribution >= 4 is 11.9 Å². The van der Waals surface area contributed by atoms with Gasteiger partial charge in [-0.15, -0.1) is 0 Å². The van der Waals surface area contributed by atoms with Crippen molar-refractivity contribution in [2.45, 2.75) is 97.6 Å². The van der Waals surface area contributed by atoms with Gasteiger partial charge in [0, 0.05) is 12.8 Å². The second-order valence-electron chi connectivity index (χ2n) is 9.75. The molecule has 3 rings (SSSR count). The minimum atomic E-state index is -0.885. The van der Waals surface area contributed by atoms with Crippen molar-refractivity contribution in [3.05, 3.63) is 23.3 Å². The van der Waals surface area contributed by atoms with Crippen molar-refractivity contribution in [2.75, 3.05) is 0 Å². The van der Waals surface area contributed by atoms with E-state index in [1.165, 1.54) is 23.6 Å². The SMILES string of the molecule is C=C1CC2(C)CCC(OC(=O)C3(C)OC3C)C(C)(OC(C)=O)C2CC1=C(C)C. The van der Waals surface area contributed by atoms with E-state index in [0.29, 0.717) is 6.42 Å². The van der Waals surface area contributed by atoms with Gasteiger partial charge in [-0.2, -0.15) is 0 Å². The number of epoxide rings is 1. The van der Waals surface area contributed by atoms with Crippen molar-refractivity contribution in [3.63, 3.8) is 0 Å². The highest BCUT2D eigenvalue weighted by atomic mass is 16.7. The van der Waals surface area contributed by atoms with Gasteiger partial charge >= 0.3 is 11.9 Å². The monoisotopic (exact) mass is 390 g/mol. The standard InChI is InChI=1S/C23H34O5/c1-13(2)17-11-18-21(6,12-14(17)3)10-9-19(23(18,8)28-16(5)24)26-20(25)22(7)15(4)27-22/h15,18-19H,3,9-12H2,1-2,4-8H3. The van der Waals surface area contributed by atoms with Crippen LogP contribution in [0.15, 0.2) is 23.3 Å². The normalized spacial score (nSPS) is 42.5. The van der Waals surface area contributed by atoms with Gasteiger partial charge in [0.1, 0.15) is 11.7 Å². The third kappa shape index (κ3) is 3.32. The molecule has 1 saturated heterocycles. The fraction of sp³-hybridized carbons (Fsp3) is 0.739. The van der Waals surface area contributed by atoms with E-state index in [1.54, 1.807) is 6.92 Å². The van der Waals surface area contributed by atoms with Gasteiger partial charge in [-0.3, -0.25) is 4.79 Å². The number of ether oxygens (including phenoxy) is 3. The summed E-state index contributed by atoms with van der Waals surface area (Å²) in [4.78, 5) is 24.8. The van der Waals surface area contributed by atoms with Crippen LogP contribution in [0.4, 0.5) is 0 Å². The van der Waals surface area contributed by atoms with E-state index >= 15 is 0 Å². The summed E-state index contributed by atoms with van der Waals surface area (Å²) in [7, 11) is 0. The Morgan fingerprint density at radius 3 is 2.29 bits per heavy atom. The second kappa shape index (κ2) is 6.72. The number of fused-ring (bicyclic) bond motifs is 1. The number of esters is 2. The van der Waals surface area contributed by atoms with Gasteiger partial charge in [-0.1, -0.05) is 24.6 Å². The highest BCUT2D eigenvalue weighted by Gasteiger charge is 2.62. The predicted octanol–water partition coefficient (Wildman–Crippen LogP) is 4.50. The second-order valence-corrected chi connectivity index (χ2v) is 9.75. The summed E-state index contributed by atoms with van der Waals surface area (Å²) in [6.45, 7) is 17.7. The number of carbonyl (C=O) groups excluding carboxylic acids is 2. The lowest BCUT2D eigenvalue weighted by atomic mass is 9.52. The maximum absolute atomic E-state index is 12.7. The molecule has 0 bridgehead atoms. The van der Waals surface area contributed by atoms with Gasteiger partial charge in [0.05, 0.1) is 6.10 Å². The Hall–Kier alpha value is -1.62. The molecule has 3 fully saturated rings. The van der Waals surface area contributed by atoms with Crippen LogP contribution in [0, 0.1) is 11.3 Å². The molecule has 1 heterocycles. The molecule has 3 aliphatic rings. The van der Waals surface area contributed by atoms with E-state index in [2.05, 4.69) is 27.4 Å². The van der Waals surface area contributed by atoms with Crippen LogP contribution in [0.2, 0.25) is 0 Å². The van der Waals surface area contributed by atoms with Gasteiger partial charge in [-0.25, -0.2) is 4.79 Å². The van der Waals surface area contributed by atoms with Crippen molar-refractivity contribution in [2.24, 2.45) is 11.3 Å². The third-order valence-electron chi connectivity index (χ3n) is 7.36. The summed E-state index contributed by atoms with van der Waals surface area (Å²) in [5, 5.41) is 0. The Kier molecular flexibility index (Phi) is 5.06. The molecule has 0 N–H and O–H groups in total. The summed E-state index contributed by atoms with van der Waals surface area (Å²) < 4.78 is 17.3. The number of hydrogen-bond acceptors (Lipinski definition) is 5. The van der Waals surface area contributed by atoms with E-state index in [4.69, 9.17) is 14.2 Å². The highest BCUT2D eigenvalue weighted by molar-refractivity contribution is 5.83. The van der Waals surface area contributed by atoms with Crippen molar-refractivity contribution in [1.82, 2.24) is 0 Å². The van der Waals surface area contributed by atoms with Gasteiger partial charge < -0.3 is 14.2 Å². The van der Waals surface area contributed by atoms with Crippen LogP contribution in [-0.2, 0) is 23.8 Å². The molecule has 6 atom stereocenters. The smallest absolute Gasteiger partial charge is 0.341 e. The zero-order valence-corrected chi connectivity index (χ0v) is 18.3. The van der Waals surface area contributed by atoms with Crippen LogP contribution in [0.5, 0.6) is 0 Å². The molecule has 0 aromatic heterocycles. The van der Waals surface area contributed by atoms with E-state index in [-0.39, 0.29) is 29.4 Å². The van der Waals surface area contributed by atoms with E-state index < -0.39 is 17.3 Å². The van der Waals surface area contributed by atoms with Crippen LogP contribution >= 0.6 is 0 Å². The Labute approximate surface area is 168 Å². The highest BCUT2D eigenvalue weighted by Crippen LogP contribution is 2.58. The number of hydrogen-bond donors (Lipinski definition) is 0. The molecule has 0 spiro atoms. The lowest BCUT2D eigenvalue weighted by molar-refractivity contribution is -0.219.